The molecule has 12 aromatic carbocycles. The van der Waals surface area contributed by atoms with Crippen molar-refractivity contribution < 1.29 is 94.2 Å². The number of para-hydroxylation sites is 5. The summed E-state index contributed by atoms with van der Waals surface area (Å²) in [5, 5.41) is 61.1. The molecule has 0 saturated carbocycles. The molecule has 0 spiro atoms. The van der Waals surface area contributed by atoms with Gasteiger partial charge in [-0.1, -0.05) is 196 Å². The number of aromatic nitrogens is 14. The second-order valence-corrected chi connectivity index (χ2v) is 30.9. The molecule has 19 rings (SSSR count). The SMILES string of the molecule is CC(C)c1cc(-c2ccccc2)cc(C(C)C)c1-n1nc(C#N)nc1-c1[c-]cccc1.Cc1cc(C)c(-n2nc(C#N)nc2-c2[c-]cc3c(c2)c2ccccc2n3-c2ccccc2)c(C)c1.Cc1cc(N(c2ccccc2)c2ccccc2)cc(C)c1-n1nc([N+](=O)[O-])nc1-c1[c-]cc(C(C)C)nc1F.N#Cc1ncn(-c2[c-]cc3oc4ccccc4c3c2)n1.[Ir].[Ir].[Ir].[Ir]. The topological polar surface area (TPSA) is 272 Å². The molecule has 0 aliphatic heterocycles. The molecule has 129 heavy (non-hydrogen) atoms. The zero-order valence-electron chi connectivity index (χ0n) is 71.6. The van der Waals surface area contributed by atoms with Gasteiger partial charge in [-0.2, -0.15) is 26.5 Å². The Hall–Kier alpha value is -13.9. The van der Waals surface area contributed by atoms with Crippen LogP contribution in [0.1, 0.15) is 121 Å². The zero-order valence-corrected chi connectivity index (χ0v) is 81.1. The van der Waals surface area contributed by atoms with Crippen LogP contribution in [0.2, 0.25) is 0 Å². The summed E-state index contributed by atoms with van der Waals surface area (Å²) >= 11 is 0. The number of nitro groups is 1. The molecular formula is C102H80FIr4N19O3-4. The summed E-state index contributed by atoms with van der Waals surface area (Å²) in [6.07, 6.45) is 1.50. The van der Waals surface area contributed by atoms with Crippen LogP contribution in [0.25, 0.3) is 117 Å². The fourth-order valence-electron chi connectivity index (χ4n) is 15.7. The number of benzene rings is 12. The third-order valence-corrected chi connectivity index (χ3v) is 21.3. The third-order valence-electron chi connectivity index (χ3n) is 21.3. The number of fused-ring (bicyclic) bond motifs is 6. The molecule has 0 fully saturated rings. The van der Waals surface area contributed by atoms with E-state index in [2.05, 4.69) is 231 Å². The van der Waals surface area contributed by atoms with Gasteiger partial charge in [0.25, 0.3) is 5.82 Å². The number of hydrogen-bond acceptors (Lipinski definition) is 16. The maximum absolute atomic E-state index is 15.1. The summed E-state index contributed by atoms with van der Waals surface area (Å²) in [7, 11) is 0. The number of hydrogen-bond donors (Lipinski definition) is 0. The van der Waals surface area contributed by atoms with Crippen LogP contribution in [0.4, 0.5) is 27.4 Å². The Bertz CT molecular complexity index is 7280. The number of aryl methyl sites for hydroxylation is 5. The molecule has 4 radical (unpaired) electrons. The second kappa shape index (κ2) is 41.3. The van der Waals surface area contributed by atoms with Crippen molar-refractivity contribution in [2.45, 2.75) is 93.9 Å². The fraction of sp³-hybridized carbons (Fsp3) is 0.137. The van der Waals surface area contributed by atoms with Crippen molar-refractivity contribution in [2.24, 2.45) is 0 Å². The summed E-state index contributed by atoms with van der Waals surface area (Å²) in [6, 6.07) is 105. The first-order valence-electron chi connectivity index (χ1n) is 40.5. The first-order valence-corrected chi connectivity index (χ1v) is 40.5. The quantitative estimate of drug-likeness (QED) is 0.0376. The van der Waals surface area contributed by atoms with Gasteiger partial charge in [-0.3, -0.25) is 9.36 Å². The van der Waals surface area contributed by atoms with E-state index < -0.39 is 16.8 Å². The smallest absolute Gasteiger partial charge is 0.481 e. The van der Waals surface area contributed by atoms with Gasteiger partial charge in [0, 0.05) is 125 Å². The molecule has 0 aliphatic rings. The minimum absolute atomic E-state index is 0. The van der Waals surface area contributed by atoms with E-state index in [9.17, 15) is 20.6 Å². The molecule has 0 atom stereocenters. The van der Waals surface area contributed by atoms with Gasteiger partial charge >= 0.3 is 5.95 Å². The molecule has 648 valence electrons. The van der Waals surface area contributed by atoms with Gasteiger partial charge in [-0.15, -0.1) is 99.2 Å². The molecule has 0 saturated heterocycles. The number of nitrogens with zero attached hydrogens (tertiary/aromatic N) is 19. The number of rotatable bonds is 16. The Kier molecular flexibility index (Phi) is 30.2. The van der Waals surface area contributed by atoms with Gasteiger partial charge in [0.05, 0.1) is 28.7 Å². The van der Waals surface area contributed by atoms with E-state index in [-0.39, 0.29) is 127 Å². The third kappa shape index (κ3) is 19.7. The van der Waals surface area contributed by atoms with E-state index in [1.165, 1.54) is 43.5 Å². The Morgan fingerprint density at radius 3 is 1.54 bits per heavy atom. The fourth-order valence-corrected chi connectivity index (χ4v) is 15.7. The van der Waals surface area contributed by atoms with Crippen LogP contribution in [-0.2, 0) is 80.4 Å². The average Bonchev–Trinajstić information content (AvgIpc) is 1.57. The van der Waals surface area contributed by atoms with Crippen molar-refractivity contribution in [3.63, 3.8) is 0 Å². The predicted molar refractivity (Wildman–Crippen MR) is 483 cm³/mol. The van der Waals surface area contributed by atoms with E-state index >= 15 is 4.39 Å². The number of furan rings is 1. The molecule has 27 heteroatoms. The van der Waals surface area contributed by atoms with E-state index in [1.807, 2.05) is 196 Å². The van der Waals surface area contributed by atoms with Crippen molar-refractivity contribution >= 4 is 66.8 Å². The molecule has 0 bridgehead atoms. The van der Waals surface area contributed by atoms with E-state index in [0.717, 1.165) is 117 Å². The zero-order chi connectivity index (χ0) is 87.3. The predicted octanol–water partition coefficient (Wildman–Crippen LogP) is 23.4. The van der Waals surface area contributed by atoms with Crippen LogP contribution in [0.3, 0.4) is 0 Å². The second-order valence-electron chi connectivity index (χ2n) is 30.9. The van der Waals surface area contributed by atoms with E-state index in [1.54, 1.807) is 16.8 Å². The summed E-state index contributed by atoms with van der Waals surface area (Å²) in [5.41, 5.74) is 22.6. The molecule has 7 heterocycles. The van der Waals surface area contributed by atoms with E-state index in [0.29, 0.717) is 23.0 Å². The van der Waals surface area contributed by atoms with Gasteiger partial charge in [-0.25, -0.2) is 24.0 Å². The molecule has 7 aromatic heterocycles. The first-order chi connectivity index (χ1) is 60.6. The molecule has 0 N–H and O–H groups in total. The molecule has 22 nitrogen and oxygen atoms in total. The Morgan fingerprint density at radius 1 is 0.450 bits per heavy atom. The maximum Gasteiger partial charge on any atom is 0.481 e. The Morgan fingerprint density at radius 2 is 0.984 bits per heavy atom. The van der Waals surface area contributed by atoms with E-state index in [4.69, 9.17) is 9.68 Å². The first kappa shape index (κ1) is 94.3. The molecule has 0 amide bonds. The summed E-state index contributed by atoms with van der Waals surface area (Å²) < 4.78 is 29.6. The monoisotopic (exact) mass is 2410 g/mol. The van der Waals surface area contributed by atoms with Crippen LogP contribution in [0, 0.1) is 109 Å². The summed E-state index contributed by atoms with van der Waals surface area (Å²) in [4.78, 5) is 34.1. The Labute approximate surface area is 799 Å². The average molecular weight is 2410 g/mol. The van der Waals surface area contributed by atoms with Crippen LogP contribution in [0.15, 0.2) is 272 Å². The van der Waals surface area contributed by atoms with Gasteiger partial charge in [0.15, 0.2) is 5.82 Å². The van der Waals surface area contributed by atoms with Crippen LogP contribution in [0.5, 0.6) is 0 Å². The standard InChI is InChI=1S/C30H26FN6O2.C30H22N5.C27H25N4.C15H7N4O.4Ir/c1-19(2)26-16-15-25(28(31)32-26)29-33-30(37(38)39)34-36(29)27-20(3)17-24(18-21(27)4)35(22-11-7-5-8-12-22)23-13-9-6-10-14-23;1-19-15-20(2)29(21(3)16-19)35-30(32-28(18-31)33-35)22-13-14-27-25(17-22)24-11-7-8-12-26(24)34(27)23-9-5-4-6-10-23;1-18(2)23-15-22(20-11-7-5-8-12-20)16-24(19(3)4)26(23)31-27(29-25(17-28)30-31)21-13-9-6-10-14-21;16-8-15-17-9-19(18-15)10-5-6-14-12(7-10)11-3-1-2-4-13(11)20-14;;;;/h5-14,16-19H,1-4H3;4-12,14-17H,1-3H3;5-13,15-16,18-19H,1-4H3;1-4,6-7,9H;;;;/q4*-1;;;;. The molecule has 0 unspecified atom stereocenters. The minimum Gasteiger partial charge on any atom is -0.516 e. The normalized spacial score (nSPS) is 10.8. The van der Waals surface area contributed by atoms with Gasteiger partial charge < -0.3 is 29.0 Å². The van der Waals surface area contributed by atoms with Crippen molar-refractivity contribution in [2.75, 3.05) is 4.90 Å². The number of nitriles is 3. The number of pyridine rings is 1. The summed E-state index contributed by atoms with van der Waals surface area (Å²) in [5.74, 6) is 0.703. The molecule has 19 aromatic rings. The van der Waals surface area contributed by atoms with Gasteiger partial charge in [0.1, 0.15) is 36.1 Å². The van der Waals surface area contributed by atoms with Crippen LogP contribution < -0.4 is 4.90 Å². The number of anilines is 3. The van der Waals surface area contributed by atoms with Gasteiger partial charge in [-0.05, 0) is 202 Å². The van der Waals surface area contributed by atoms with Crippen molar-refractivity contribution in [3.05, 3.63) is 370 Å². The van der Waals surface area contributed by atoms with Crippen LogP contribution >= 0.6 is 0 Å². The molecule has 0 aliphatic carbocycles. The Balaban J connectivity index is 0.000000157. The van der Waals surface area contributed by atoms with Crippen LogP contribution in [-0.4, -0.2) is 73.5 Å². The minimum atomic E-state index is -0.809. The van der Waals surface area contributed by atoms with Gasteiger partial charge in [0.2, 0.25) is 11.6 Å². The van der Waals surface area contributed by atoms with Crippen molar-refractivity contribution in [3.8, 4) is 91.9 Å². The maximum atomic E-state index is 15.1. The summed E-state index contributed by atoms with van der Waals surface area (Å²) in [6.45, 7) is 22.5. The van der Waals surface area contributed by atoms with Crippen molar-refractivity contribution in [1.82, 2.24) is 68.6 Å². The largest absolute Gasteiger partial charge is 0.516 e. The molecular weight excluding hydrogens is 2330 g/mol. The number of halogens is 1. The van der Waals surface area contributed by atoms with Crippen molar-refractivity contribution in [1.29, 1.82) is 15.8 Å².